The lowest BCUT2D eigenvalue weighted by molar-refractivity contribution is -0.142. The molecule has 25 heavy (non-hydrogen) atoms. The topological polar surface area (TPSA) is 38.3 Å². The Kier molecular flexibility index (Phi) is 5.95. The summed E-state index contributed by atoms with van der Waals surface area (Å²) in [6.07, 6.45) is 11.7. The second kappa shape index (κ2) is 8.18. The minimum Gasteiger partial charge on any atom is -0.466 e. The number of carbonyl (C=O) groups is 1. The second-order valence-electron chi connectivity index (χ2n) is 7.44. The third-order valence-corrected chi connectivity index (χ3v) is 5.87. The van der Waals surface area contributed by atoms with Gasteiger partial charge in [0.25, 0.3) is 0 Å². The summed E-state index contributed by atoms with van der Waals surface area (Å²) < 4.78 is 5.23. The number of carbonyl (C=O) groups excluding carboxylic acids is 1. The monoisotopic (exact) mass is 341 g/mol. The van der Waals surface area contributed by atoms with E-state index in [-0.39, 0.29) is 5.97 Å². The van der Waals surface area contributed by atoms with Gasteiger partial charge in [0.05, 0.1) is 13.0 Å². The van der Waals surface area contributed by atoms with E-state index in [1.54, 1.807) is 0 Å². The van der Waals surface area contributed by atoms with Gasteiger partial charge in [-0.15, -0.1) is 0 Å². The van der Waals surface area contributed by atoms with Gasteiger partial charge in [-0.1, -0.05) is 31.4 Å². The summed E-state index contributed by atoms with van der Waals surface area (Å²) >= 11 is 0. The van der Waals surface area contributed by atoms with Crippen molar-refractivity contribution >= 4 is 12.0 Å². The Labute approximate surface area is 151 Å². The minimum absolute atomic E-state index is 0.122. The number of allylic oxidation sites excluding steroid dienone is 1. The van der Waals surface area contributed by atoms with Crippen molar-refractivity contribution in [3.63, 3.8) is 0 Å². The molecule has 1 aromatic rings. The van der Waals surface area contributed by atoms with Crippen LogP contribution in [0.1, 0.15) is 72.4 Å². The van der Waals surface area contributed by atoms with Gasteiger partial charge in [-0.3, -0.25) is 4.79 Å². The molecule has 1 saturated carbocycles. The van der Waals surface area contributed by atoms with Gasteiger partial charge in [0.2, 0.25) is 0 Å². The molecule has 3 rings (SSSR count). The number of esters is 1. The molecule has 0 atom stereocenters. The highest BCUT2D eigenvalue weighted by atomic mass is 16.5. The van der Waals surface area contributed by atoms with Crippen LogP contribution in [0.4, 0.5) is 0 Å². The maximum atomic E-state index is 12.2. The van der Waals surface area contributed by atoms with Crippen molar-refractivity contribution in [2.75, 3.05) is 6.61 Å². The Hall–Kier alpha value is -1.61. The van der Waals surface area contributed by atoms with Crippen LogP contribution in [-0.4, -0.2) is 12.6 Å². The highest BCUT2D eigenvalue weighted by Gasteiger charge is 2.23. The molecule has 0 radical (unpaired) electrons. The first-order valence-electron chi connectivity index (χ1n) is 9.80. The lowest BCUT2D eigenvalue weighted by Gasteiger charge is -2.20. The van der Waals surface area contributed by atoms with Crippen molar-refractivity contribution < 1.29 is 9.53 Å². The van der Waals surface area contributed by atoms with Gasteiger partial charge in [0.15, 0.2) is 0 Å². The van der Waals surface area contributed by atoms with Crippen LogP contribution >= 0.6 is 0 Å². The van der Waals surface area contributed by atoms with E-state index in [2.05, 4.69) is 31.3 Å². The third-order valence-electron chi connectivity index (χ3n) is 5.87. The van der Waals surface area contributed by atoms with Gasteiger partial charge >= 0.3 is 5.97 Å². The molecule has 0 saturated heterocycles. The molecule has 3 heteroatoms. The van der Waals surface area contributed by atoms with E-state index in [4.69, 9.17) is 4.74 Å². The molecule has 1 aromatic carbocycles. The summed E-state index contributed by atoms with van der Waals surface area (Å²) in [7, 11) is 0. The standard InChI is InChI=1S/C22H31NO2/c1-4-25-22(24)12-19-16(3)21-14-23-13-20(21)15(2)18(19)11-10-17-8-6-5-7-9-17/h10-11,17,23H,4-9,12-14H2,1-3H3/b11-10+. The number of hydrogen-bond acceptors (Lipinski definition) is 3. The minimum atomic E-state index is -0.122. The maximum Gasteiger partial charge on any atom is 0.310 e. The number of fused-ring (bicyclic) bond motifs is 1. The highest BCUT2D eigenvalue weighted by Crippen LogP contribution is 2.33. The van der Waals surface area contributed by atoms with Crippen LogP contribution in [0.5, 0.6) is 0 Å². The average molecular weight is 341 g/mol. The molecule has 0 unspecified atom stereocenters. The second-order valence-corrected chi connectivity index (χ2v) is 7.44. The Morgan fingerprint density at radius 3 is 2.48 bits per heavy atom. The fourth-order valence-electron chi connectivity index (χ4n) is 4.39. The van der Waals surface area contributed by atoms with Crippen molar-refractivity contribution in [3.05, 3.63) is 39.5 Å². The SMILES string of the molecule is CCOC(=O)Cc1c(C)c2c(c(C)c1/C=C/C1CCCCC1)CNC2. The van der Waals surface area contributed by atoms with Crippen molar-refractivity contribution in [2.45, 2.75) is 72.4 Å². The molecule has 0 spiro atoms. The Balaban J connectivity index is 1.97. The molecule has 0 bridgehead atoms. The highest BCUT2D eigenvalue weighted by molar-refractivity contribution is 5.77. The summed E-state index contributed by atoms with van der Waals surface area (Å²) in [5.41, 5.74) is 7.81. The largest absolute Gasteiger partial charge is 0.466 e. The first-order chi connectivity index (χ1) is 12.1. The molecule has 1 N–H and O–H groups in total. The van der Waals surface area contributed by atoms with Crippen molar-refractivity contribution in [2.24, 2.45) is 5.92 Å². The maximum absolute atomic E-state index is 12.2. The number of benzene rings is 1. The number of hydrogen-bond donors (Lipinski definition) is 1. The predicted molar refractivity (Wildman–Crippen MR) is 102 cm³/mol. The van der Waals surface area contributed by atoms with E-state index in [1.807, 2.05) is 6.92 Å². The van der Waals surface area contributed by atoms with Crippen molar-refractivity contribution in [1.82, 2.24) is 5.32 Å². The van der Waals surface area contributed by atoms with Crippen molar-refractivity contribution in [3.8, 4) is 0 Å². The predicted octanol–water partition coefficient (Wildman–Crippen LogP) is 4.61. The summed E-state index contributed by atoms with van der Waals surface area (Å²) in [6, 6.07) is 0. The van der Waals surface area contributed by atoms with Gasteiger partial charge in [-0.25, -0.2) is 0 Å². The molecular formula is C22H31NO2. The average Bonchev–Trinajstić information content (AvgIpc) is 3.10. The Morgan fingerprint density at radius 1 is 1.12 bits per heavy atom. The first-order valence-corrected chi connectivity index (χ1v) is 9.80. The van der Waals surface area contributed by atoms with Gasteiger partial charge in [-0.2, -0.15) is 0 Å². The third kappa shape index (κ3) is 3.98. The van der Waals surface area contributed by atoms with Gasteiger partial charge in [0, 0.05) is 13.1 Å². The molecule has 1 fully saturated rings. The quantitative estimate of drug-likeness (QED) is 0.795. The number of nitrogens with one attached hydrogen (secondary N) is 1. The molecule has 3 nitrogen and oxygen atoms in total. The van der Waals surface area contributed by atoms with Crippen LogP contribution in [0.2, 0.25) is 0 Å². The van der Waals surface area contributed by atoms with Crippen LogP contribution in [0, 0.1) is 19.8 Å². The molecule has 0 aromatic heterocycles. The number of ether oxygens (including phenoxy) is 1. The fraction of sp³-hybridized carbons (Fsp3) is 0.591. The lowest BCUT2D eigenvalue weighted by Crippen LogP contribution is -2.12. The molecular weight excluding hydrogens is 310 g/mol. The summed E-state index contributed by atoms with van der Waals surface area (Å²) in [5, 5.41) is 3.47. The van der Waals surface area contributed by atoms with E-state index in [0.29, 0.717) is 18.9 Å². The van der Waals surface area contributed by atoms with Crippen LogP contribution in [0.3, 0.4) is 0 Å². The van der Waals surface area contributed by atoms with Gasteiger partial charge in [0.1, 0.15) is 0 Å². The Bertz CT molecular complexity index is 669. The fourth-order valence-corrected chi connectivity index (χ4v) is 4.39. The Morgan fingerprint density at radius 2 is 1.80 bits per heavy atom. The number of rotatable bonds is 5. The molecule has 1 aliphatic heterocycles. The zero-order valence-corrected chi connectivity index (χ0v) is 15.9. The lowest BCUT2D eigenvalue weighted by atomic mass is 9.85. The van der Waals surface area contributed by atoms with Gasteiger partial charge < -0.3 is 10.1 Å². The van der Waals surface area contributed by atoms with E-state index < -0.39 is 0 Å². The van der Waals surface area contributed by atoms with Crippen LogP contribution < -0.4 is 5.32 Å². The first kappa shape index (κ1) is 18.2. The van der Waals surface area contributed by atoms with Crippen LogP contribution in [0.25, 0.3) is 6.08 Å². The van der Waals surface area contributed by atoms with E-state index in [1.165, 1.54) is 59.9 Å². The zero-order chi connectivity index (χ0) is 17.8. The molecule has 0 amide bonds. The van der Waals surface area contributed by atoms with E-state index >= 15 is 0 Å². The molecule has 136 valence electrons. The summed E-state index contributed by atoms with van der Waals surface area (Å²) in [6.45, 7) is 8.53. The van der Waals surface area contributed by atoms with Crippen molar-refractivity contribution in [1.29, 1.82) is 0 Å². The molecule has 2 aliphatic rings. The summed E-state index contributed by atoms with van der Waals surface area (Å²) in [5.74, 6) is 0.568. The van der Waals surface area contributed by atoms with E-state index in [9.17, 15) is 4.79 Å². The zero-order valence-electron chi connectivity index (χ0n) is 15.9. The normalized spacial score (nSPS) is 17.9. The molecule has 1 heterocycles. The van der Waals surface area contributed by atoms with Gasteiger partial charge in [-0.05, 0) is 72.9 Å². The van der Waals surface area contributed by atoms with Crippen LogP contribution in [-0.2, 0) is 29.0 Å². The molecule has 1 aliphatic carbocycles. The smallest absolute Gasteiger partial charge is 0.310 e. The summed E-state index contributed by atoms with van der Waals surface area (Å²) in [4.78, 5) is 12.2. The van der Waals surface area contributed by atoms with Crippen LogP contribution in [0.15, 0.2) is 6.08 Å². The van der Waals surface area contributed by atoms with E-state index in [0.717, 1.165) is 18.7 Å².